The Bertz CT molecular complexity index is 789. The molecule has 1 aliphatic heterocycles. The molecule has 1 atom stereocenters. The van der Waals surface area contributed by atoms with Crippen molar-refractivity contribution in [3.05, 3.63) is 35.7 Å². The minimum Gasteiger partial charge on any atom is -0.482 e. The highest BCUT2D eigenvalue weighted by molar-refractivity contribution is 8.13. The highest BCUT2D eigenvalue weighted by Crippen LogP contribution is 2.42. The number of aromatic nitrogens is 3. The molecule has 110 valence electrons. The lowest BCUT2D eigenvalue weighted by Crippen LogP contribution is -2.14. The highest BCUT2D eigenvalue weighted by Gasteiger charge is 2.38. The van der Waals surface area contributed by atoms with Gasteiger partial charge in [-0.1, -0.05) is 18.2 Å². The molecule has 1 fully saturated rings. The van der Waals surface area contributed by atoms with E-state index >= 15 is 0 Å². The molecule has 6 nitrogen and oxygen atoms in total. The molecule has 0 spiro atoms. The van der Waals surface area contributed by atoms with Crippen molar-refractivity contribution < 1.29 is 13.2 Å². The zero-order valence-corrected chi connectivity index (χ0v) is 12.5. The van der Waals surface area contributed by atoms with Gasteiger partial charge in [0.2, 0.25) is 0 Å². The Hall–Kier alpha value is -1.60. The van der Waals surface area contributed by atoms with Crippen LogP contribution in [0.2, 0.25) is 0 Å². The quantitative estimate of drug-likeness (QED) is 0.809. The summed E-state index contributed by atoms with van der Waals surface area (Å²) in [6.07, 6.45) is 2.15. The number of para-hydroxylation sites is 1. The Kier molecular flexibility index (Phi) is 2.77. The van der Waals surface area contributed by atoms with Gasteiger partial charge in [0, 0.05) is 23.1 Å². The number of hydrogen-bond donors (Lipinski definition) is 0. The maximum Gasteiger partial charge on any atom is 0.296 e. The molecule has 0 amide bonds. The number of nitrogens with zero attached hydrogens (tertiary/aromatic N) is 3. The summed E-state index contributed by atoms with van der Waals surface area (Å²) in [5, 5.41) is 7.62. The SMILES string of the molecule is O=S(=O)(Cl)c1nnc(C2Cc3ccccc3O2)n1C1CC1. The standard InChI is InChI=1S/C13H12ClN3O3S/c14-21(18,19)13-16-15-12(17(13)9-5-6-9)11-7-8-3-1-2-4-10(8)20-11/h1-4,9,11H,5-7H2. The summed E-state index contributed by atoms with van der Waals surface area (Å²) in [7, 11) is 1.54. The van der Waals surface area contributed by atoms with E-state index in [1.165, 1.54) is 0 Å². The van der Waals surface area contributed by atoms with Gasteiger partial charge in [0.05, 0.1) is 0 Å². The van der Waals surface area contributed by atoms with Crippen LogP contribution in [0.15, 0.2) is 29.4 Å². The highest BCUT2D eigenvalue weighted by atomic mass is 35.7. The number of fused-ring (bicyclic) bond motifs is 1. The normalized spacial score (nSPS) is 21.1. The molecule has 1 unspecified atom stereocenters. The third-order valence-electron chi connectivity index (χ3n) is 3.76. The van der Waals surface area contributed by atoms with Crippen LogP contribution in [0.1, 0.15) is 36.4 Å². The fourth-order valence-corrected chi connectivity index (χ4v) is 3.61. The van der Waals surface area contributed by atoms with Crippen LogP contribution in [-0.2, 0) is 15.5 Å². The van der Waals surface area contributed by atoms with Gasteiger partial charge in [0.25, 0.3) is 14.2 Å². The third-order valence-corrected chi connectivity index (χ3v) is 4.88. The van der Waals surface area contributed by atoms with Gasteiger partial charge >= 0.3 is 0 Å². The summed E-state index contributed by atoms with van der Waals surface area (Å²) >= 11 is 0. The average Bonchev–Trinajstić information content (AvgIpc) is 3.02. The summed E-state index contributed by atoms with van der Waals surface area (Å²) in [6.45, 7) is 0. The largest absolute Gasteiger partial charge is 0.482 e. The first-order chi connectivity index (χ1) is 10.0. The Morgan fingerprint density at radius 1 is 1.24 bits per heavy atom. The summed E-state index contributed by atoms with van der Waals surface area (Å²) in [6, 6.07) is 7.84. The van der Waals surface area contributed by atoms with Gasteiger partial charge in [-0.2, -0.15) is 0 Å². The number of hydrogen-bond acceptors (Lipinski definition) is 5. The van der Waals surface area contributed by atoms with Crippen LogP contribution < -0.4 is 4.74 Å². The number of benzene rings is 1. The van der Waals surface area contributed by atoms with Crippen molar-refractivity contribution >= 4 is 19.7 Å². The van der Waals surface area contributed by atoms with Gasteiger partial charge in [0.15, 0.2) is 11.9 Å². The van der Waals surface area contributed by atoms with Crippen molar-refractivity contribution in [1.29, 1.82) is 0 Å². The number of rotatable bonds is 3. The van der Waals surface area contributed by atoms with Crippen molar-refractivity contribution in [2.24, 2.45) is 0 Å². The van der Waals surface area contributed by atoms with Crippen LogP contribution in [0, 0.1) is 0 Å². The van der Waals surface area contributed by atoms with E-state index in [9.17, 15) is 8.42 Å². The minimum atomic E-state index is -3.91. The number of halogens is 1. The first-order valence-electron chi connectivity index (χ1n) is 6.68. The molecule has 0 radical (unpaired) electrons. The molecule has 0 bridgehead atoms. The van der Waals surface area contributed by atoms with Crippen molar-refractivity contribution in [2.75, 3.05) is 0 Å². The molecule has 21 heavy (non-hydrogen) atoms. The predicted octanol–water partition coefficient (Wildman–Crippen LogP) is 2.22. The van der Waals surface area contributed by atoms with Crippen molar-refractivity contribution in [3.63, 3.8) is 0 Å². The zero-order chi connectivity index (χ0) is 14.6. The van der Waals surface area contributed by atoms with E-state index in [1.807, 2.05) is 24.3 Å². The third kappa shape index (κ3) is 2.20. The smallest absolute Gasteiger partial charge is 0.296 e. The van der Waals surface area contributed by atoms with E-state index in [1.54, 1.807) is 4.57 Å². The predicted molar refractivity (Wildman–Crippen MR) is 74.8 cm³/mol. The van der Waals surface area contributed by atoms with E-state index in [-0.39, 0.29) is 17.3 Å². The first-order valence-corrected chi connectivity index (χ1v) is 8.99. The van der Waals surface area contributed by atoms with Gasteiger partial charge in [-0.25, -0.2) is 8.42 Å². The summed E-state index contributed by atoms with van der Waals surface area (Å²) < 4.78 is 30.8. The lowest BCUT2D eigenvalue weighted by atomic mass is 10.1. The second kappa shape index (κ2) is 4.45. The molecule has 0 N–H and O–H groups in total. The molecule has 4 rings (SSSR count). The lowest BCUT2D eigenvalue weighted by molar-refractivity contribution is 0.220. The van der Waals surface area contributed by atoms with Gasteiger partial charge in [-0.05, 0) is 24.5 Å². The van der Waals surface area contributed by atoms with E-state index in [0.29, 0.717) is 12.2 Å². The molecular weight excluding hydrogens is 314 g/mol. The van der Waals surface area contributed by atoms with Gasteiger partial charge < -0.3 is 4.74 Å². The molecule has 1 saturated carbocycles. The molecule has 2 aromatic rings. The second-order valence-electron chi connectivity index (χ2n) is 5.30. The van der Waals surface area contributed by atoms with Crippen LogP contribution in [-0.4, -0.2) is 23.2 Å². The van der Waals surface area contributed by atoms with E-state index in [0.717, 1.165) is 24.2 Å². The Morgan fingerprint density at radius 3 is 2.67 bits per heavy atom. The molecule has 1 aliphatic carbocycles. The van der Waals surface area contributed by atoms with Crippen LogP contribution >= 0.6 is 10.7 Å². The Balaban J connectivity index is 1.76. The lowest BCUT2D eigenvalue weighted by Gasteiger charge is -2.12. The fraction of sp³-hybridized carbons (Fsp3) is 0.385. The van der Waals surface area contributed by atoms with Crippen LogP contribution in [0.5, 0.6) is 5.75 Å². The van der Waals surface area contributed by atoms with Gasteiger partial charge in [0.1, 0.15) is 5.75 Å². The molecule has 2 heterocycles. The molecule has 1 aromatic heterocycles. The molecule has 1 aromatic carbocycles. The topological polar surface area (TPSA) is 74.1 Å². The molecule has 0 saturated heterocycles. The van der Waals surface area contributed by atoms with Gasteiger partial charge in [-0.15, -0.1) is 10.2 Å². The van der Waals surface area contributed by atoms with Crippen LogP contribution in [0.3, 0.4) is 0 Å². The zero-order valence-electron chi connectivity index (χ0n) is 10.9. The Labute approximate surface area is 126 Å². The maximum atomic E-state index is 11.6. The summed E-state index contributed by atoms with van der Waals surface area (Å²) in [5.41, 5.74) is 1.09. The van der Waals surface area contributed by atoms with Crippen molar-refractivity contribution in [3.8, 4) is 5.75 Å². The van der Waals surface area contributed by atoms with Crippen molar-refractivity contribution in [1.82, 2.24) is 14.8 Å². The minimum absolute atomic E-state index is 0.103. The van der Waals surface area contributed by atoms with E-state index in [2.05, 4.69) is 10.2 Å². The summed E-state index contributed by atoms with van der Waals surface area (Å²) in [5.74, 6) is 1.34. The fourth-order valence-electron chi connectivity index (χ4n) is 2.68. The molecule has 2 aliphatic rings. The van der Waals surface area contributed by atoms with E-state index in [4.69, 9.17) is 15.4 Å². The van der Waals surface area contributed by atoms with Crippen LogP contribution in [0.25, 0.3) is 0 Å². The first kappa shape index (κ1) is 13.1. The van der Waals surface area contributed by atoms with E-state index < -0.39 is 9.05 Å². The number of ether oxygens (including phenoxy) is 1. The maximum absolute atomic E-state index is 11.6. The van der Waals surface area contributed by atoms with Gasteiger partial charge in [-0.3, -0.25) is 4.57 Å². The summed E-state index contributed by atoms with van der Waals surface area (Å²) in [4.78, 5) is 0. The second-order valence-corrected chi connectivity index (χ2v) is 7.76. The van der Waals surface area contributed by atoms with Crippen LogP contribution in [0.4, 0.5) is 0 Å². The average molecular weight is 326 g/mol. The van der Waals surface area contributed by atoms with Crippen molar-refractivity contribution in [2.45, 2.75) is 36.6 Å². The monoisotopic (exact) mass is 325 g/mol. The Morgan fingerprint density at radius 2 is 2.00 bits per heavy atom. The molecule has 8 heteroatoms. The molecular formula is C13H12ClN3O3S.